The number of hydrogen-bond acceptors (Lipinski definition) is 1. The Balaban J connectivity index is 3.26. The molecule has 0 aromatic heterocycles. The predicted molar refractivity (Wildman–Crippen MR) is 40.6 cm³/mol. The van der Waals surface area contributed by atoms with Gasteiger partial charge in [-0.25, -0.2) is 17.6 Å². The van der Waals surface area contributed by atoms with E-state index in [0.29, 0.717) is 6.07 Å². The summed E-state index contributed by atoms with van der Waals surface area (Å²) in [4.78, 5) is 0. The first-order chi connectivity index (χ1) is 6.56. The second kappa shape index (κ2) is 4.09. The van der Waals surface area contributed by atoms with Gasteiger partial charge in [0.2, 0.25) is 0 Å². The van der Waals surface area contributed by atoms with Gasteiger partial charge in [0.05, 0.1) is 18.1 Å². The van der Waals surface area contributed by atoms with Crippen molar-refractivity contribution in [2.24, 2.45) is 0 Å². The lowest BCUT2D eigenvalue weighted by Crippen LogP contribution is -1.98. The Hall–Kier alpha value is -1.57. The van der Waals surface area contributed by atoms with Crippen LogP contribution in [0.1, 0.15) is 17.6 Å². The second-order valence-corrected chi connectivity index (χ2v) is 2.60. The van der Waals surface area contributed by atoms with Crippen LogP contribution in [0, 0.1) is 23.0 Å². The monoisotopic (exact) mass is 203 g/mol. The van der Waals surface area contributed by atoms with E-state index < -0.39 is 30.0 Å². The minimum Gasteiger partial charge on any atom is -0.207 e. The maximum Gasteiger partial charge on any atom is 0.266 e. The average Bonchev–Trinajstić information content (AvgIpc) is 2.10. The highest BCUT2D eigenvalue weighted by atomic mass is 19.3. The van der Waals surface area contributed by atoms with Gasteiger partial charge in [-0.1, -0.05) is 0 Å². The molecule has 0 aliphatic heterocycles. The molecule has 0 aliphatic carbocycles. The fourth-order valence-corrected chi connectivity index (χ4v) is 1.04. The van der Waals surface area contributed by atoms with Crippen molar-refractivity contribution < 1.29 is 17.6 Å². The first-order valence-corrected chi connectivity index (χ1v) is 3.69. The Morgan fingerprint density at radius 2 is 1.93 bits per heavy atom. The van der Waals surface area contributed by atoms with Crippen LogP contribution in [0.4, 0.5) is 17.6 Å². The summed E-state index contributed by atoms with van der Waals surface area (Å²) < 4.78 is 50.1. The lowest BCUT2D eigenvalue weighted by molar-refractivity contribution is 0.145. The number of halogens is 4. The fraction of sp³-hybridized carbons (Fsp3) is 0.222. The Morgan fingerprint density at radius 1 is 1.29 bits per heavy atom. The van der Waals surface area contributed by atoms with Crippen molar-refractivity contribution in [3.8, 4) is 6.07 Å². The van der Waals surface area contributed by atoms with Crippen molar-refractivity contribution >= 4 is 0 Å². The molecule has 0 fully saturated rings. The van der Waals surface area contributed by atoms with E-state index in [4.69, 9.17) is 5.26 Å². The molecule has 0 amide bonds. The summed E-state index contributed by atoms with van der Waals surface area (Å²) in [6.07, 6.45) is -3.51. The molecule has 1 rings (SSSR count). The average molecular weight is 203 g/mol. The number of nitriles is 1. The van der Waals surface area contributed by atoms with E-state index in [0.717, 1.165) is 6.07 Å². The van der Waals surface area contributed by atoms with Crippen LogP contribution in [-0.2, 0) is 6.42 Å². The first kappa shape index (κ1) is 10.5. The highest BCUT2D eigenvalue weighted by Crippen LogP contribution is 2.25. The van der Waals surface area contributed by atoms with E-state index in [1.807, 2.05) is 0 Å². The molecular formula is C9H5F4N. The van der Waals surface area contributed by atoms with Crippen LogP contribution in [0.15, 0.2) is 12.1 Å². The van der Waals surface area contributed by atoms with Gasteiger partial charge < -0.3 is 0 Å². The van der Waals surface area contributed by atoms with Crippen LogP contribution in [0.2, 0.25) is 0 Å². The third kappa shape index (κ3) is 2.02. The van der Waals surface area contributed by atoms with E-state index in [-0.39, 0.29) is 5.56 Å². The summed E-state index contributed by atoms with van der Waals surface area (Å²) in [5.74, 6) is -2.17. The SMILES string of the molecule is N#CCc1cc(F)cc(C(F)F)c1F. The molecule has 0 saturated carbocycles. The topological polar surface area (TPSA) is 23.8 Å². The minimum atomic E-state index is -3.08. The maximum absolute atomic E-state index is 13.1. The van der Waals surface area contributed by atoms with Gasteiger partial charge in [0.25, 0.3) is 6.43 Å². The molecule has 1 aromatic rings. The van der Waals surface area contributed by atoms with Gasteiger partial charge in [-0.2, -0.15) is 5.26 Å². The van der Waals surface area contributed by atoms with E-state index in [9.17, 15) is 17.6 Å². The second-order valence-electron chi connectivity index (χ2n) is 2.60. The van der Waals surface area contributed by atoms with Crippen LogP contribution < -0.4 is 0 Å². The lowest BCUT2D eigenvalue weighted by Gasteiger charge is -2.05. The van der Waals surface area contributed by atoms with Crippen molar-refractivity contribution in [1.82, 2.24) is 0 Å². The van der Waals surface area contributed by atoms with Crippen LogP contribution in [0.5, 0.6) is 0 Å². The van der Waals surface area contributed by atoms with Gasteiger partial charge in [0, 0.05) is 5.56 Å². The molecular weight excluding hydrogens is 198 g/mol. The van der Waals surface area contributed by atoms with Gasteiger partial charge in [0.15, 0.2) is 0 Å². The van der Waals surface area contributed by atoms with Crippen molar-refractivity contribution in [2.45, 2.75) is 12.8 Å². The zero-order chi connectivity index (χ0) is 10.7. The van der Waals surface area contributed by atoms with E-state index in [1.165, 1.54) is 0 Å². The Kier molecular flexibility index (Phi) is 3.07. The van der Waals surface area contributed by atoms with Crippen LogP contribution in [-0.4, -0.2) is 0 Å². The van der Waals surface area contributed by atoms with Crippen molar-refractivity contribution in [3.63, 3.8) is 0 Å². The fourth-order valence-electron chi connectivity index (χ4n) is 1.04. The molecule has 1 nitrogen and oxygen atoms in total. The highest BCUT2D eigenvalue weighted by Gasteiger charge is 2.18. The third-order valence-electron chi connectivity index (χ3n) is 1.65. The predicted octanol–water partition coefficient (Wildman–Crippen LogP) is 2.97. The third-order valence-corrected chi connectivity index (χ3v) is 1.65. The van der Waals surface area contributed by atoms with Crippen LogP contribution in [0.25, 0.3) is 0 Å². The molecule has 74 valence electrons. The van der Waals surface area contributed by atoms with Gasteiger partial charge in [-0.15, -0.1) is 0 Å². The largest absolute Gasteiger partial charge is 0.266 e. The van der Waals surface area contributed by atoms with Crippen LogP contribution in [0.3, 0.4) is 0 Å². The molecule has 0 unspecified atom stereocenters. The molecule has 14 heavy (non-hydrogen) atoms. The smallest absolute Gasteiger partial charge is 0.207 e. The van der Waals surface area contributed by atoms with Gasteiger partial charge in [-0.05, 0) is 12.1 Å². The molecule has 0 heterocycles. The molecule has 0 N–H and O–H groups in total. The first-order valence-electron chi connectivity index (χ1n) is 3.69. The van der Waals surface area contributed by atoms with E-state index in [2.05, 4.69) is 0 Å². The summed E-state index contributed by atoms with van der Waals surface area (Å²) in [6, 6.07) is 2.74. The standard InChI is InChI=1S/C9H5F4N/c10-6-3-5(1-2-14)8(11)7(4-6)9(12)13/h3-4,9H,1H2. The summed E-state index contributed by atoms with van der Waals surface area (Å²) in [7, 11) is 0. The molecule has 0 radical (unpaired) electrons. The van der Waals surface area contributed by atoms with Crippen LogP contribution >= 0.6 is 0 Å². The van der Waals surface area contributed by atoms with Gasteiger partial charge >= 0.3 is 0 Å². The number of nitrogens with zero attached hydrogens (tertiary/aromatic N) is 1. The minimum absolute atomic E-state index is 0.345. The number of hydrogen-bond donors (Lipinski definition) is 0. The van der Waals surface area contributed by atoms with Gasteiger partial charge in [0.1, 0.15) is 11.6 Å². The summed E-state index contributed by atoms with van der Waals surface area (Å²) in [5, 5.41) is 8.24. The molecule has 1 aromatic carbocycles. The summed E-state index contributed by atoms with van der Waals surface area (Å²) in [5.41, 5.74) is -1.35. The molecule has 0 aliphatic rings. The van der Waals surface area contributed by atoms with E-state index >= 15 is 0 Å². The molecule has 0 bridgehead atoms. The van der Waals surface area contributed by atoms with Gasteiger partial charge in [-0.3, -0.25) is 0 Å². The Morgan fingerprint density at radius 3 is 2.43 bits per heavy atom. The Labute approximate surface area is 77.6 Å². The maximum atomic E-state index is 13.1. The number of alkyl halides is 2. The zero-order valence-corrected chi connectivity index (χ0v) is 6.90. The molecule has 0 atom stereocenters. The highest BCUT2D eigenvalue weighted by molar-refractivity contribution is 5.29. The summed E-state index contributed by atoms with van der Waals surface area (Å²) in [6.45, 7) is 0. The summed E-state index contributed by atoms with van der Waals surface area (Å²) >= 11 is 0. The molecule has 5 heteroatoms. The normalized spacial score (nSPS) is 10.3. The van der Waals surface area contributed by atoms with E-state index in [1.54, 1.807) is 6.07 Å². The van der Waals surface area contributed by atoms with Crippen molar-refractivity contribution in [3.05, 3.63) is 34.9 Å². The number of rotatable bonds is 2. The zero-order valence-electron chi connectivity index (χ0n) is 6.90. The van der Waals surface area contributed by atoms with Crippen molar-refractivity contribution in [1.29, 1.82) is 5.26 Å². The van der Waals surface area contributed by atoms with Crippen molar-refractivity contribution in [2.75, 3.05) is 0 Å². The quantitative estimate of drug-likeness (QED) is 0.678. The lowest BCUT2D eigenvalue weighted by atomic mass is 10.1. The Bertz CT molecular complexity index is 381. The molecule has 0 saturated heterocycles. The number of benzene rings is 1. The molecule has 0 spiro atoms.